The van der Waals surface area contributed by atoms with Gasteiger partial charge in [-0.2, -0.15) is 4.98 Å². The molecule has 1 rings (SSSR count). The molecule has 0 unspecified atom stereocenters. The first kappa shape index (κ1) is 9.24. The third-order valence-corrected chi connectivity index (χ3v) is 1.22. The molecule has 0 saturated carbocycles. The second kappa shape index (κ2) is 3.70. The number of hydrogen-bond acceptors (Lipinski definition) is 4. The van der Waals surface area contributed by atoms with Crippen molar-refractivity contribution in [1.29, 1.82) is 0 Å². The maximum Gasteiger partial charge on any atom is 0.256 e. The number of carbonyl (C=O) groups is 1. The molecule has 2 N–H and O–H groups in total. The molecule has 0 spiro atoms. The van der Waals surface area contributed by atoms with Crippen LogP contribution >= 0.6 is 0 Å². The Balaban J connectivity index is 3.01. The molecule has 13 heavy (non-hydrogen) atoms. The summed E-state index contributed by atoms with van der Waals surface area (Å²) in [6.07, 6.45) is 0. The van der Waals surface area contributed by atoms with Gasteiger partial charge in [-0.15, -0.1) is 0 Å². The SMILES string of the molecule is COc1cc(=O)[nH]c(NC(C)=O)n1. The summed E-state index contributed by atoms with van der Waals surface area (Å²) >= 11 is 0. The Kier molecular flexibility index (Phi) is 2.63. The van der Waals surface area contributed by atoms with E-state index in [1.807, 2.05) is 0 Å². The van der Waals surface area contributed by atoms with Crippen LogP contribution in [0.3, 0.4) is 0 Å². The number of aromatic amines is 1. The second-order valence-electron chi connectivity index (χ2n) is 2.32. The zero-order valence-corrected chi connectivity index (χ0v) is 7.25. The van der Waals surface area contributed by atoms with Gasteiger partial charge in [-0.1, -0.05) is 0 Å². The van der Waals surface area contributed by atoms with E-state index in [1.165, 1.54) is 20.1 Å². The molecular weight excluding hydrogens is 174 g/mol. The number of ether oxygens (including phenoxy) is 1. The smallest absolute Gasteiger partial charge is 0.256 e. The fraction of sp³-hybridized carbons (Fsp3) is 0.286. The molecule has 70 valence electrons. The number of methoxy groups -OCH3 is 1. The van der Waals surface area contributed by atoms with Crippen LogP contribution in [0.1, 0.15) is 6.92 Å². The van der Waals surface area contributed by atoms with Gasteiger partial charge < -0.3 is 4.74 Å². The number of aromatic nitrogens is 2. The maximum atomic E-state index is 10.9. The van der Waals surface area contributed by atoms with Crippen LogP contribution in [0.15, 0.2) is 10.9 Å². The second-order valence-corrected chi connectivity index (χ2v) is 2.32. The van der Waals surface area contributed by atoms with E-state index in [9.17, 15) is 9.59 Å². The Bertz CT molecular complexity index is 371. The van der Waals surface area contributed by atoms with Crippen molar-refractivity contribution in [2.24, 2.45) is 0 Å². The highest BCUT2D eigenvalue weighted by atomic mass is 16.5. The van der Waals surface area contributed by atoms with Crippen LogP contribution in [0.2, 0.25) is 0 Å². The van der Waals surface area contributed by atoms with E-state index in [-0.39, 0.29) is 23.3 Å². The van der Waals surface area contributed by atoms with Crippen LogP contribution in [-0.4, -0.2) is 23.0 Å². The molecule has 0 aliphatic carbocycles. The standard InChI is InChI=1S/C7H9N3O3/c1-4(11)8-7-9-5(12)3-6(10-7)13-2/h3H,1-2H3,(H2,8,9,10,11,12). The van der Waals surface area contributed by atoms with Crippen LogP contribution in [0.25, 0.3) is 0 Å². The Morgan fingerprint density at radius 3 is 2.92 bits per heavy atom. The number of nitrogens with zero attached hydrogens (tertiary/aromatic N) is 1. The van der Waals surface area contributed by atoms with E-state index in [0.717, 1.165) is 0 Å². The molecule has 1 heterocycles. The van der Waals surface area contributed by atoms with Gasteiger partial charge >= 0.3 is 0 Å². The number of rotatable bonds is 2. The summed E-state index contributed by atoms with van der Waals surface area (Å²) in [4.78, 5) is 27.7. The van der Waals surface area contributed by atoms with Crippen molar-refractivity contribution in [2.75, 3.05) is 12.4 Å². The fourth-order valence-electron chi connectivity index (χ4n) is 0.766. The zero-order chi connectivity index (χ0) is 9.84. The maximum absolute atomic E-state index is 10.9. The molecular formula is C7H9N3O3. The lowest BCUT2D eigenvalue weighted by atomic mass is 10.6. The number of anilines is 1. The molecule has 1 aromatic heterocycles. The van der Waals surface area contributed by atoms with Crippen molar-refractivity contribution in [3.8, 4) is 5.88 Å². The van der Waals surface area contributed by atoms with E-state index in [2.05, 4.69) is 15.3 Å². The lowest BCUT2D eigenvalue weighted by Crippen LogP contribution is -2.15. The quantitative estimate of drug-likeness (QED) is 0.661. The number of H-pyrrole nitrogens is 1. The average Bonchev–Trinajstić information content (AvgIpc) is 2.01. The van der Waals surface area contributed by atoms with Crippen molar-refractivity contribution in [2.45, 2.75) is 6.92 Å². The predicted octanol–water partition coefficient (Wildman–Crippen LogP) is -0.263. The summed E-state index contributed by atoms with van der Waals surface area (Å²) in [6.45, 7) is 1.32. The molecule has 1 amide bonds. The number of nitrogens with one attached hydrogen (secondary N) is 2. The highest BCUT2D eigenvalue weighted by Crippen LogP contribution is 2.03. The van der Waals surface area contributed by atoms with Gasteiger partial charge in [-0.05, 0) is 0 Å². The minimum Gasteiger partial charge on any atom is -0.481 e. The van der Waals surface area contributed by atoms with Crippen molar-refractivity contribution >= 4 is 11.9 Å². The van der Waals surface area contributed by atoms with Crippen LogP contribution in [-0.2, 0) is 4.79 Å². The number of hydrogen-bond donors (Lipinski definition) is 2. The molecule has 0 aliphatic rings. The molecule has 0 aliphatic heterocycles. The van der Waals surface area contributed by atoms with Gasteiger partial charge in [0.1, 0.15) is 0 Å². The van der Waals surface area contributed by atoms with Gasteiger partial charge in [0, 0.05) is 6.92 Å². The molecule has 0 saturated heterocycles. The topological polar surface area (TPSA) is 84.1 Å². The largest absolute Gasteiger partial charge is 0.481 e. The molecule has 6 heteroatoms. The minimum atomic E-state index is -0.379. The van der Waals surface area contributed by atoms with Crippen molar-refractivity contribution < 1.29 is 9.53 Å². The normalized spacial score (nSPS) is 9.38. The summed E-state index contributed by atoms with van der Waals surface area (Å²) in [6, 6.07) is 1.19. The van der Waals surface area contributed by atoms with Crippen LogP contribution in [0.4, 0.5) is 5.95 Å². The van der Waals surface area contributed by atoms with E-state index >= 15 is 0 Å². The summed E-state index contributed by atoms with van der Waals surface area (Å²) in [5.74, 6) is -0.0687. The molecule has 0 radical (unpaired) electrons. The van der Waals surface area contributed by atoms with Gasteiger partial charge in [0.2, 0.25) is 17.7 Å². The monoisotopic (exact) mass is 183 g/mol. The van der Waals surface area contributed by atoms with Gasteiger partial charge in [0.05, 0.1) is 13.2 Å². The first-order valence-corrected chi connectivity index (χ1v) is 3.55. The Morgan fingerprint density at radius 1 is 1.69 bits per heavy atom. The lowest BCUT2D eigenvalue weighted by Gasteiger charge is -2.02. The number of carbonyl (C=O) groups excluding carboxylic acids is 1. The Morgan fingerprint density at radius 2 is 2.38 bits per heavy atom. The first-order chi connectivity index (χ1) is 6.11. The first-order valence-electron chi connectivity index (χ1n) is 3.55. The van der Waals surface area contributed by atoms with E-state index in [4.69, 9.17) is 4.74 Å². The summed E-state index contributed by atoms with van der Waals surface area (Å²) in [5.41, 5.74) is -0.379. The highest BCUT2D eigenvalue weighted by molar-refractivity contribution is 5.86. The lowest BCUT2D eigenvalue weighted by molar-refractivity contribution is -0.114. The van der Waals surface area contributed by atoms with Crippen molar-refractivity contribution in [3.05, 3.63) is 16.4 Å². The third kappa shape index (κ3) is 2.58. The van der Waals surface area contributed by atoms with Crippen molar-refractivity contribution in [3.63, 3.8) is 0 Å². The van der Waals surface area contributed by atoms with Crippen LogP contribution in [0, 0.1) is 0 Å². The minimum absolute atomic E-state index is 0.0804. The highest BCUT2D eigenvalue weighted by Gasteiger charge is 2.01. The van der Waals surface area contributed by atoms with Gasteiger partial charge in [-0.3, -0.25) is 19.9 Å². The van der Waals surface area contributed by atoms with Gasteiger partial charge in [-0.25, -0.2) is 0 Å². The molecule has 0 atom stereocenters. The number of amides is 1. The van der Waals surface area contributed by atoms with E-state index in [0.29, 0.717) is 0 Å². The predicted molar refractivity (Wildman–Crippen MR) is 45.7 cm³/mol. The molecule has 1 aromatic rings. The van der Waals surface area contributed by atoms with Crippen LogP contribution in [0.5, 0.6) is 5.88 Å². The fourth-order valence-corrected chi connectivity index (χ4v) is 0.766. The van der Waals surface area contributed by atoms with Gasteiger partial charge in [0.25, 0.3) is 5.56 Å². The average molecular weight is 183 g/mol. The summed E-state index contributed by atoms with van der Waals surface area (Å²) < 4.78 is 4.73. The summed E-state index contributed by atoms with van der Waals surface area (Å²) in [7, 11) is 1.39. The zero-order valence-electron chi connectivity index (χ0n) is 7.25. The third-order valence-electron chi connectivity index (χ3n) is 1.22. The van der Waals surface area contributed by atoms with E-state index < -0.39 is 0 Å². The van der Waals surface area contributed by atoms with Gasteiger partial charge in [0.15, 0.2) is 0 Å². The molecule has 0 aromatic carbocycles. The molecule has 0 bridgehead atoms. The van der Waals surface area contributed by atoms with E-state index in [1.54, 1.807) is 0 Å². The van der Waals surface area contributed by atoms with Crippen molar-refractivity contribution in [1.82, 2.24) is 9.97 Å². The van der Waals surface area contributed by atoms with Crippen LogP contribution < -0.4 is 15.6 Å². The Labute approximate surface area is 74.0 Å². The molecule has 0 fully saturated rings. The summed E-state index contributed by atoms with van der Waals surface area (Å²) in [5, 5.41) is 2.33. The molecule has 6 nitrogen and oxygen atoms in total. The Hall–Kier alpha value is -1.85.